The van der Waals surface area contributed by atoms with Gasteiger partial charge < -0.3 is 15.0 Å². The van der Waals surface area contributed by atoms with Crippen LogP contribution in [0.4, 0.5) is 5.69 Å². The molecule has 0 saturated carbocycles. The Balaban J connectivity index is 2.36. The molecule has 0 saturated heterocycles. The molecular weight excluding hydrogens is 304 g/mol. The Labute approximate surface area is 142 Å². The van der Waals surface area contributed by atoms with Crippen LogP contribution in [-0.2, 0) is 4.74 Å². The zero-order valence-electron chi connectivity index (χ0n) is 15.1. The van der Waals surface area contributed by atoms with E-state index in [1.54, 1.807) is 20.8 Å². The van der Waals surface area contributed by atoms with Crippen LogP contribution in [0.15, 0.2) is 12.1 Å². The van der Waals surface area contributed by atoms with E-state index in [1.807, 2.05) is 32.9 Å². The van der Waals surface area contributed by atoms with Crippen LogP contribution < -0.4 is 5.32 Å². The number of carbonyl (C=O) groups is 2. The molecule has 1 aromatic heterocycles. The molecule has 24 heavy (non-hydrogen) atoms. The molecule has 0 unspecified atom stereocenters. The molecule has 2 N–H and O–H groups in total. The van der Waals surface area contributed by atoms with Gasteiger partial charge in [-0.3, -0.25) is 4.79 Å². The number of hydrogen-bond donors (Lipinski definition) is 2. The highest BCUT2D eigenvalue weighted by molar-refractivity contribution is 6.08. The first-order chi connectivity index (χ1) is 11.3. The van der Waals surface area contributed by atoms with Crippen molar-refractivity contribution in [3.63, 3.8) is 0 Å². The summed E-state index contributed by atoms with van der Waals surface area (Å²) in [6.45, 7) is 11.5. The molecule has 1 heterocycles. The normalized spacial score (nSPS) is 10.6. The Morgan fingerprint density at radius 1 is 1.08 bits per heavy atom. The fraction of sp³-hybridized carbons (Fsp3) is 0.368. The summed E-state index contributed by atoms with van der Waals surface area (Å²) in [4.78, 5) is 27.7. The van der Waals surface area contributed by atoms with Crippen molar-refractivity contribution in [2.45, 2.75) is 41.5 Å². The molecule has 1 aromatic carbocycles. The van der Waals surface area contributed by atoms with Crippen LogP contribution in [0, 0.1) is 34.6 Å². The van der Waals surface area contributed by atoms with Gasteiger partial charge in [-0.05, 0) is 58.2 Å². The lowest BCUT2D eigenvalue weighted by Crippen LogP contribution is -2.16. The number of esters is 1. The quantitative estimate of drug-likeness (QED) is 0.834. The van der Waals surface area contributed by atoms with Crippen molar-refractivity contribution in [1.82, 2.24) is 4.98 Å². The highest BCUT2D eigenvalue weighted by atomic mass is 16.5. The summed E-state index contributed by atoms with van der Waals surface area (Å²) in [6, 6.07) is 4.06. The van der Waals surface area contributed by atoms with Gasteiger partial charge in [0.05, 0.1) is 12.2 Å². The van der Waals surface area contributed by atoms with Gasteiger partial charge >= 0.3 is 5.97 Å². The molecule has 2 aromatic rings. The lowest BCUT2D eigenvalue weighted by molar-refractivity contribution is 0.0519. The molecular formula is C19H24N2O3. The number of anilines is 1. The second-order valence-corrected chi connectivity index (χ2v) is 6.07. The minimum atomic E-state index is -0.445. The van der Waals surface area contributed by atoms with Crippen molar-refractivity contribution < 1.29 is 14.3 Å². The van der Waals surface area contributed by atoms with Crippen LogP contribution >= 0.6 is 0 Å². The summed E-state index contributed by atoms with van der Waals surface area (Å²) in [5.74, 6) is -0.674. The van der Waals surface area contributed by atoms with Crippen molar-refractivity contribution in [1.29, 1.82) is 0 Å². The van der Waals surface area contributed by atoms with Crippen molar-refractivity contribution in [2.75, 3.05) is 11.9 Å². The Morgan fingerprint density at radius 2 is 1.67 bits per heavy atom. The van der Waals surface area contributed by atoms with Gasteiger partial charge in [0.25, 0.3) is 5.91 Å². The number of aromatic amines is 1. The third kappa shape index (κ3) is 3.35. The number of rotatable bonds is 4. The average Bonchev–Trinajstić information content (AvgIpc) is 2.78. The van der Waals surface area contributed by atoms with E-state index in [2.05, 4.69) is 10.3 Å². The van der Waals surface area contributed by atoms with Gasteiger partial charge in [-0.2, -0.15) is 0 Å². The Kier molecular flexibility index (Phi) is 5.12. The van der Waals surface area contributed by atoms with Crippen LogP contribution in [0.2, 0.25) is 0 Å². The molecule has 0 bridgehead atoms. The molecule has 0 aliphatic carbocycles. The van der Waals surface area contributed by atoms with Crippen molar-refractivity contribution in [3.05, 3.63) is 51.3 Å². The van der Waals surface area contributed by atoms with Gasteiger partial charge in [-0.1, -0.05) is 17.7 Å². The maximum absolute atomic E-state index is 12.8. The van der Waals surface area contributed by atoms with E-state index in [1.165, 1.54) is 0 Å². The number of benzene rings is 1. The molecule has 2 rings (SSSR count). The molecule has 5 heteroatoms. The summed E-state index contributed by atoms with van der Waals surface area (Å²) < 4.78 is 5.02. The maximum atomic E-state index is 12.8. The van der Waals surface area contributed by atoms with Crippen LogP contribution in [0.25, 0.3) is 0 Å². The average molecular weight is 328 g/mol. The fourth-order valence-corrected chi connectivity index (χ4v) is 3.05. The van der Waals surface area contributed by atoms with E-state index in [4.69, 9.17) is 4.74 Å². The fourth-order valence-electron chi connectivity index (χ4n) is 3.05. The smallest absolute Gasteiger partial charge is 0.355 e. The summed E-state index contributed by atoms with van der Waals surface area (Å²) in [5, 5.41) is 2.98. The highest BCUT2D eigenvalue weighted by Crippen LogP contribution is 2.25. The topological polar surface area (TPSA) is 71.2 Å². The zero-order chi connectivity index (χ0) is 18.0. The van der Waals surface area contributed by atoms with Gasteiger partial charge in [0, 0.05) is 11.4 Å². The largest absolute Gasteiger partial charge is 0.461 e. The molecule has 0 aliphatic heterocycles. The lowest BCUT2D eigenvalue weighted by atomic mass is 10.0. The minimum absolute atomic E-state index is 0.230. The van der Waals surface area contributed by atoms with E-state index in [9.17, 15) is 9.59 Å². The SMILES string of the molecule is CCOC(=O)c1[nH]c(C)c(C(=O)Nc2c(C)cc(C)cc2C)c1C. The molecule has 128 valence electrons. The monoisotopic (exact) mass is 328 g/mol. The third-order valence-corrected chi connectivity index (χ3v) is 4.06. The van der Waals surface area contributed by atoms with Gasteiger partial charge in [0.15, 0.2) is 0 Å². The predicted octanol–water partition coefficient (Wildman–Crippen LogP) is 3.99. The molecule has 0 radical (unpaired) electrons. The van der Waals surface area contributed by atoms with Gasteiger partial charge in [-0.15, -0.1) is 0 Å². The minimum Gasteiger partial charge on any atom is -0.461 e. The molecule has 0 atom stereocenters. The van der Waals surface area contributed by atoms with E-state index in [0.717, 1.165) is 22.4 Å². The number of aryl methyl sites for hydroxylation is 4. The lowest BCUT2D eigenvalue weighted by Gasteiger charge is -2.13. The first-order valence-corrected chi connectivity index (χ1v) is 8.01. The summed E-state index contributed by atoms with van der Waals surface area (Å²) in [7, 11) is 0. The summed E-state index contributed by atoms with van der Waals surface area (Å²) >= 11 is 0. The number of aromatic nitrogens is 1. The van der Waals surface area contributed by atoms with E-state index < -0.39 is 5.97 Å². The van der Waals surface area contributed by atoms with E-state index >= 15 is 0 Å². The summed E-state index contributed by atoms with van der Waals surface area (Å²) in [5.41, 5.74) is 6.05. The number of nitrogens with one attached hydrogen (secondary N) is 2. The number of hydrogen-bond acceptors (Lipinski definition) is 3. The van der Waals surface area contributed by atoms with Crippen molar-refractivity contribution >= 4 is 17.6 Å². The second-order valence-electron chi connectivity index (χ2n) is 6.07. The van der Waals surface area contributed by atoms with Crippen molar-refractivity contribution in [2.24, 2.45) is 0 Å². The maximum Gasteiger partial charge on any atom is 0.355 e. The van der Waals surface area contributed by atoms with Gasteiger partial charge in [-0.25, -0.2) is 4.79 Å². The second kappa shape index (κ2) is 6.91. The van der Waals surface area contributed by atoms with E-state index in [0.29, 0.717) is 29.1 Å². The zero-order valence-corrected chi connectivity index (χ0v) is 15.1. The van der Waals surface area contributed by atoms with Crippen LogP contribution in [0.5, 0.6) is 0 Å². The first kappa shape index (κ1) is 17.8. The predicted molar refractivity (Wildman–Crippen MR) is 94.8 cm³/mol. The van der Waals surface area contributed by atoms with Crippen LogP contribution in [-0.4, -0.2) is 23.5 Å². The molecule has 0 fully saturated rings. The standard InChI is InChI=1S/C19H24N2O3/c1-7-24-19(23)17-13(5)15(14(6)20-17)18(22)21-16-11(3)8-10(2)9-12(16)4/h8-9,20H,7H2,1-6H3,(H,21,22). The van der Waals surface area contributed by atoms with E-state index in [-0.39, 0.29) is 5.91 Å². The van der Waals surface area contributed by atoms with Gasteiger partial charge in [0.1, 0.15) is 5.69 Å². The third-order valence-electron chi connectivity index (χ3n) is 4.06. The molecule has 0 aliphatic rings. The van der Waals surface area contributed by atoms with Crippen LogP contribution in [0.1, 0.15) is 55.7 Å². The van der Waals surface area contributed by atoms with Gasteiger partial charge in [0.2, 0.25) is 0 Å². The Hall–Kier alpha value is -2.56. The first-order valence-electron chi connectivity index (χ1n) is 8.01. The Bertz CT molecular complexity index is 780. The highest BCUT2D eigenvalue weighted by Gasteiger charge is 2.23. The van der Waals surface area contributed by atoms with Crippen LogP contribution in [0.3, 0.4) is 0 Å². The molecule has 0 spiro atoms. The van der Waals surface area contributed by atoms with Crippen molar-refractivity contribution in [3.8, 4) is 0 Å². The number of amides is 1. The number of ether oxygens (including phenoxy) is 1. The molecule has 1 amide bonds. The number of carbonyl (C=O) groups excluding carboxylic acids is 2. The summed E-state index contributed by atoms with van der Waals surface area (Å²) in [6.07, 6.45) is 0. The number of H-pyrrole nitrogens is 1. The Morgan fingerprint density at radius 3 is 2.21 bits per heavy atom. The molecule has 5 nitrogen and oxygen atoms in total.